The Kier molecular flexibility index (Phi) is 7.65. The summed E-state index contributed by atoms with van der Waals surface area (Å²) < 4.78 is 10.8. The average Bonchev–Trinajstić information content (AvgIpc) is 2.53. The van der Waals surface area contributed by atoms with Crippen molar-refractivity contribution in [3.05, 3.63) is 22.7 Å². The van der Waals surface area contributed by atoms with Gasteiger partial charge >= 0.3 is 5.97 Å². The Balaban J connectivity index is 2.82. The minimum Gasteiger partial charge on any atom is -0.493 e. The van der Waals surface area contributed by atoms with E-state index in [1.54, 1.807) is 7.11 Å². The highest BCUT2D eigenvalue weighted by Crippen LogP contribution is 2.36. The number of carbonyl (C=O) groups is 1. The molecule has 0 saturated heterocycles. The second-order valence-corrected chi connectivity index (χ2v) is 5.85. The fourth-order valence-corrected chi connectivity index (χ4v) is 2.77. The van der Waals surface area contributed by atoms with Crippen LogP contribution in [0, 0.1) is 5.41 Å². The fraction of sp³-hybridized carbons (Fsp3) is 0.588. The molecule has 0 unspecified atom stereocenters. The van der Waals surface area contributed by atoms with E-state index in [9.17, 15) is 9.90 Å². The van der Waals surface area contributed by atoms with Crippen molar-refractivity contribution in [1.29, 1.82) is 0 Å². The van der Waals surface area contributed by atoms with Gasteiger partial charge in [0.05, 0.1) is 24.2 Å². The SMILES string of the molecule is CCOc1c(Cl)cc(CNCC(CC)(CC)C(=O)O)cc1OC. The molecular weight excluding hydrogens is 318 g/mol. The van der Waals surface area contributed by atoms with Gasteiger partial charge in [-0.15, -0.1) is 0 Å². The normalized spacial score (nSPS) is 11.3. The largest absolute Gasteiger partial charge is 0.493 e. The third-order valence-electron chi connectivity index (χ3n) is 4.18. The summed E-state index contributed by atoms with van der Waals surface area (Å²) in [5.74, 6) is 0.339. The van der Waals surface area contributed by atoms with E-state index in [2.05, 4.69) is 5.32 Å². The van der Waals surface area contributed by atoms with Gasteiger partial charge in [0.2, 0.25) is 0 Å². The maximum Gasteiger partial charge on any atom is 0.310 e. The van der Waals surface area contributed by atoms with E-state index in [0.29, 0.717) is 49.1 Å². The van der Waals surface area contributed by atoms with Gasteiger partial charge in [-0.3, -0.25) is 4.79 Å². The predicted octanol–water partition coefficient (Wildman–Crippen LogP) is 3.73. The molecule has 23 heavy (non-hydrogen) atoms. The maximum absolute atomic E-state index is 11.5. The van der Waals surface area contributed by atoms with Gasteiger partial charge in [0.1, 0.15) is 0 Å². The van der Waals surface area contributed by atoms with Crippen molar-refractivity contribution >= 4 is 17.6 Å². The van der Waals surface area contributed by atoms with Gasteiger partial charge in [0.25, 0.3) is 0 Å². The molecule has 0 fully saturated rings. The monoisotopic (exact) mass is 343 g/mol. The number of ether oxygens (including phenoxy) is 2. The van der Waals surface area contributed by atoms with Crippen molar-refractivity contribution in [2.75, 3.05) is 20.3 Å². The van der Waals surface area contributed by atoms with E-state index in [4.69, 9.17) is 21.1 Å². The zero-order valence-corrected chi connectivity index (χ0v) is 15.0. The summed E-state index contributed by atoms with van der Waals surface area (Å²) in [7, 11) is 1.56. The van der Waals surface area contributed by atoms with Crippen LogP contribution in [0.15, 0.2) is 12.1 Å². The van der Waals surface area contributed by atoms with Gasteiger partial charge in [-0.25, -0.2) is 0 Å². The molecule has 0 aromatic heterocycles. The summed E-state index contributed by atoms with van der Waals surface area (Å²) in [6.07, 6.45) is 1.17. The highest BCUT2D eigenvalue weighted by atomic mass is 35.5. The summed E-state index contributed by atoms with van der Waals surface area (Å²) in [5.41, 5.74) is 0.181. The van der Waals surface area contributed by atoms with Crippen molar-refractivity contribution in [2.24, 2.45) is 5.41 Å². The predicted molar refractivity (Wildman–Crippen MR) is 91.5 cm³/mol. The first-order valence-corrected chi connectivity index (χ1v) is 8.25. The molecule has 1 aromatic rings. The number of aliphatic carboxylic acids is 1. The molecule has 0 aliphatic carbocycles. The van der Waals surface area contributed by atoms with Crippen LogP contribution in [-0.2, 0) is 11.3 Å². The summed E-state index contributed by atoms with van der Waals surface area (Å²) in [5, 5.41) is 13.1. The minimum atomic E-state index is -0.766. The molecule has 130 valence electrons. The molecule has 1 rings (SSSR count). The lowest BCUT2D eigenvalue weighted by atomic mass is 9.82. The van der Waals surface area contributed by atoms with E-state index in [1.165, 1.54) is 0 Å². The molecule has 0 spiro atoms. The van der Waals surface area contributed by atoms with Gasteiger partial charge in [0.15, 0.2) is 11.5 Å². The lowest BCUT2D eigenvalue weighted by Crippen LogP contribution is -2.40. The van der Waals surface area contributed by atoms with E-state index in [0.717, 1.165) is 5.56 Å². The molecule has 0 atom stereocenters. The van der Waals surface area contributed by atoms with E-state index in [-0.39, 0.29) is 0 Å². The molecule has 0 bridgehead atoms. The zero-order valence-electron chi connectivity index (χ0n) is 14.2. The Labute approximate surface area is 142 Å². The van der Waals surface area contributed by atoms with E-state index in [1.807, 2.05) is 32.9 Å². The number of carboxylic acids is 1. The van der Waals surface area contributed by atoms with Crippen LogP contribution >= 0.6 is 11.6 Å². The number of hydrogen-bond acceptors (Lipinski definition) is 4. The Morgan fingerprint density at radius 3 is 2.43 bits per heavy atom. The van der Waals surface area contributed by atoms with Gasteiger partial charge < -0.3 is 19.9 Å². The van der Waals surface area contributed by atoms with Crippen LogP contribution < -0.4 is 14.8 Å². The van der Waals surface area contributed by atoms with Crippen molar-refractivity contribution < 1.29 is 19.4 Å². The Hall–Kier alpha value is -1.46. The Morgan fingerprint density at radius 1 is 1.30 bits per heavy atom. The number of hydrogen-bond donors (Lipinski definition) is 2. The fourth-order valence-electron chi connectivity index (χ4n) is 2.48. The van der Waals surface area contributed by atoms with Gasteiger partial charge in [-0.2, -0.15) is 0 Å². The summed E-state index contributed by atoms with van der Waals surface area (Å²) >= 11 is 6.24. The lowest BCUT2D eigenvalue weighted by Gasteiger charge is -2.27. The number of benzene rings is 1. The first-order valence-electron chi connectivity index (χ1n) is 7.87. The quantitative estimate of drug-likeness (QED) is 0.677. The van der Waals surface area contributed by atoms with Gasteiger partial charge in [-0.1, -0.05) is 25.4 Å². The topological polar surface area (TPSA) is 67.8 Å². The van der Waals surface area contributed by atoms with Crippen molar-refractivity contribution in [2.45, 2.75) is 40.2 Å². The standard InChI is InChI=1S/C17H26ClNO4/c1-5-17(6-2,16(20)21)11-19-10-12-8-13(18)15(23-7-3)14(9-12)22-4/h8-9,19H,5-7,10-11H2,1-4H3,(H,20,21). The van der Waals surface area contributed by atoms with Crippen LogP contribution in [0.25, 0.3) is 0 Å². The lowest BCUT2D eigenvalue weighted by molar-refractivity contribution is -0.149. The molecule has 0 radical (unpaired) electrons. The van der Waals surface area contributed by atoms with E-state index >= 15 is 0 Å². The third kappa shape index (κ3) is 4.75. The number of nitrogens with one attached hydrogen (secondary N) is 1. The molecule has 5 nitrogen and oxygen atoms in total. The summed E-state index contributed by atoms with van der Waals surface area (Å²) in [4.78, 5) is 11.5. The van der Waals surface area contributed by atoms with Crippen LogP contribution in [0.5, 0.6) is 11.5 Å². The summed E-state index contributed by atoms with van der Waals surface area (Å²) in [6.45, 7) is 7.10. The minimum absolute atomic E-state index is 0.405. The average molecular weight is 344 g/mol. The third-order valence-corrected chi connectivity index (χ3v) is 4.46. The molecule has 1 aromatic carbocycles. The van der Waals surface area contributed by atoms with Crippen LogP contribution in [0.2, 0.25) is 5.02 Å². The molecular formula is C17H26ClNO4. The molecule has 0 heterocycles. The molecule has 0 saturated carbocycles. The van der Waals surface area contributed by atoms with Crippen molar-refractivity contribution in [3.8, 4) is 11.5 Å². The van der Waals surface area contributed by atoms with Crippen LogP contribution in [-0.4, -0.2) is 31.3 Å². The van der Waals surface area contributed by atoms with Crippen molar-refractivity contribution in [3.63, 3.8) is 0 Å². The molecule has 0 aliphatic heterocycles. The second-order valence-electron chi connectivity index (χ2n) is 5.44. The van der Waals surface area contributed by atoms with Gasteiger partial charge in [0, 0.05) is 13.1 Å². The smallest absolute Gasteiger partial charge is 0.310 e. The van der Waals surface area contributed by atoms with Crippen molar-refractivity contribution in [1.82, 2.24) is 5.32 Å². The van der Waals surface area contributed by atoms with Gasteiger partial charge in [-0.05, 0) is 37.5 Å². The van der Waals surface area contributed by atoms with Crippen LogP contribution in [0.1, 0.15) is 39.2 Å². The molecule has 2 N–H and O–H groups in total. The number of carboxylic acid groups (broad SMARTS) is 1. The first-order chi connectivity index (χ1) is 10.9. The molecule has 0 amide bonds. The highest BCUT2D eigenvalue weighted by molar-refractivity contribution is 6.32. The number of halogens is 1. The van der Waals surface area contributed by atoms with Crippen LogP contribution in [0.3, 0.4) is 0 Å². The Morgan fingerprint density at radius 2 is 1.96 bits per heavy atom. The second kappa shape index (κ2) is 8.99. The zero-order chi connectivity index (χ0) is 17.5. The molecule has 0 aliphatic rings. The van der Waals surface area contributed by atoms with Crippen LogP contribution in [0.4, 0.5) is 0 Å². The summed E-state index contributed by atoms with van der Waals surface area (Å²) in [6, 6.07) is 3.66. The van der Waals surface area contributed by atoms with E-state index < -0.39 is 11.4 Å². The number of rotatable bonds is 10. The highest BCUT2D eigenvalue weighted by Gasteiger charge is 2.34. The number of methoxy groups -OCH3 is 1. The first kappa shape index (κ1) is 19.6. The molecule has 6 heteroatoms. The Bertz CT molecular complexity index is 530. The maximum atomic E-state index is 11.5.